The molecular weight excluding hydrogens is 508 g/mol. The quantitative estimate of drug-likeness (QED) is 0.304. The van der Waals surface area contributed by atoms with Gasteiger partial charge in [-0.2, -0.15) is 0 Å². The highest BCUT2D eigenvalue weighted by Gasteiger charge is 2.46. The number of benzene rings is 2. The molecule has 1 amide bonds. The van der Waals surface area contributed by atoms with E-state index in [4.69, 9.17) is 0 Å². The zero-order valence-corrected chi connectivity index (χ0v) is 20.1. The largest absolute Gasteiger partial charge is 0.503 e. The molecule has 1 unspecified atom stereocenters. The first kappa shape index (κ1) is 21.1. The molecule has 3 heterocycles. The van der Waals surface area contributed by atoms with E-state index in [1.807, 2.05) is 36.4 Å². The predicted molar refractivity (Wildman–Crippen MR) is 132 cm³/mol. The molecule has 4 aromatic rings. The Hall–Kier alpha value is -2.81. The van der Waals surface area contributed by atoms with Gasteiger partial charge < -0.3 is 5.11 Å². The highest BCUT2D eigenvalue weighted by Crippen LogP contribution is 2.44. The first-order valence-electron chi connectivity index (χ1n) is 9.97. The first-order valence-corrected chi connectivity index (χ1v) is 12.5. The lowest BCUT2D eigenvalue weighted by molar-refractivity contribution is -0.117. The number of aryl methyl sites for hydroxylation is 1. The van der Waals surface area contributed by atoms with Gasteiger partial charge in [0, 0.05) is 4.47 Å². The van der Waals surface area contributed by atoms with Crippen LogP contribution in [0.2, 0.25) is 0 Å². The zero-order chi connectivity index (χ0) is 22.4. The second-order valence-corrected chi connectivity index (χ2v) is 10.2. The van der Waals surface area contributed by atoms with Crippen LogP contribution in [0.4, 0.5) is 5.13 Å². The third kappa shape index (κ3) is 3.48. The third-order valence-electron chi connectivity index (χ3n) is 5.42. The number of ketones is 1. The van der Waals surface area contributed by atoms with Crippen LogP contribution in [-0.2, 0) is 11.2 Å². The van der Waals surface area contributed by atoms with Gasteiger partial charge in [-0.15, -0.1) is 11.3 Å². The number of aliphatic hydroxyl groups is 1. The van der Waals surface area contributed by atoms with Gasteiger partial charge in [-0.1, -0.05) is 58.5 Å². The van der Waals surface area contributed by atoms with Crippen molar-refractivity contribution in [2.45, 2.75) is 19.4 Å². The van der Waals surface area contributed by atoms with Crippen molar-refractivity contribution in [3.63, 3.8) is 0 Å². The number of nitrogens with zero attached hydrogens (tertiary/aromatic N) is 2. The van der Waals surface area contributed by atoms with Crippen LogP contribution < -0.4 is 4.90 Å². The summed E-state index contributed by atoms with van der Waals surface area (Å²) in [5.41, 5.74) is 2.74. The standard InChI is InChI=1S/C24H17BrN2O3S2/c1-2-13-8-9-16-18(11-13)32-24(26-16)27-20(14-5-3-6-15(25)12-14)19(22(29)23(27)30)21(28)17-7-4-10-31-17/h3-12,20,29H,2H2,1H3. The first-order chi connectivity index (χ1) is 15.5. The molecule has 0 radical (unpaired) electrons. The van der Waals surface area contributed by atoms with Crippen molar-refractivity contribution in [1.29, 1.82) is 0 Å². The van der Waals surface area contributed by atoms with Crippen molar-refractivity contribution in [3.8, 4) is 0 Å². The summed E-state index contributed by atoms with van der Waals surface area (Å²) in [7, 11) is 0. The number of hydrogen-bond acceptors (Lipinski definition) is 6. The topological polar surface area (TPSA) is 70.5 Å². The lowest BCUT2D eigenvalue weighted by Gasteiger charge is -2.24. The number of hydrogen-bond donors (Lipinski definition) is 1. The van der Waals surface area contributed by atoms with Crippen molar-refractivity contribution >= 4 is 65.6 Å². The van der Waals surface area contributed by atoms with Crippen molar-refractivity contribution in [2.75, 3.05) is 4.90 Å². The number of amides is 1. The molecule has 32 heavy (non-hydrogen) atoms. The van der Waals surface area contributed by atoms with Gasteiger partial charge in [0.05, 0.1) is 26.7 Å². The molecule has 2 aromatic carbocycles. The minimum atomic E-state index is -0.777. The van der Waals surface area contributed by atoms with E-state index in [0.717, 1.165) is 21.1 Å². The summed E-state index contributed by atoms with van der Waals surface area (Å²) in [6.45, 7) is 2.08. The second-order valence-electron chi connectivity index (χ2n) is 7.35. The summed E-state index contributed by atoms with van der Waals surface area (Å²) >= 11 is 6.14. The maximum atomic E-state index is 13.4. The number of fused-ring (bicyclic) bond motifs is 1. The van der Waals surface area contributed by atoms with E-state index >= 15 is 0 Å². The molecule has 5 rings (SSSR count). The van der Waals surface area contributed by atoms with Crippen LogP contribution in [0.3, 0.4) is 0 Å². The Kier molecular flexibility index (Phi) is 5.44. The van der Waals surface area contributed by atoms with Crippen molar-refractivity contribution in [2.24, 2.45) is 0 Å². The number of aliphatic hydroxyl groups excluding tert-OH is 1. The normalized spacial score (nSPS) is 16.4. The average Bonchev–Trinajstić information content (AvgIpc) is 3.51. The summed E-state index contributed by atoms with van der Waals surface area (Å²) in [4.78, 5) is 33.2. The van der Waals surface area contributed by atoms with Crippen LogP contribution in [-0.4, -0.2) is 21.8 Å². The number of thiazole rings is 1. The molecule has 1 aliphatic heterocycles. The van der Waals surface area contributed by atoms with Crippen LogP contribution in [0, 0.1) is 0 Å². The van der Waals surface area contributed by atoms with E-state index in [9.17, 15) is 14.7 Å². The summed E-state index contributed by atoms with van der Waals surface area (Å²) in [6.07, 6.45) is 0.897. The van der Waals surface area contributed by atoms with E-state index in [1.54, 1.807) is 17.5 Å². The maximum absolute atomic E-state index is 13.4. The van der Waals surface area contributed by atoms with Gasteiger partial charge in [0.2, 0.25) is 5.78 Å². The Morgan fingerprint density at radius 3 is 2.75 bits per heavy atom. The van der Waals surface area contributed by atoms with Gasteiger partial charge in [-0.25, -0.2) is 4.98 Å². The molecule has 1 aliphatic rings. The fraction of sp³-hybridized carbons (Fsp3) is 0.125. The highest BCUT2D eigenvalue weighted by molar-refractivity contribution is 9.10. The Morgan fingerprint density at radius 2 is 2.03 bits per heavy atom. The smallest absolute Gasteiger partial charge is 0.296 e. The molecule has 1 N–H and O–H groups in total. The molecule has 0 saturated carbocycles. The second kappa shape index (κ2) is 8.27. The number of Topliss-reactive ketones (excluding diaryl/α,β-unsaturated/α-hetero) is 1. The fourth-order valence-electron chi connectivity index (χ4n) is 3.85. The van der Waals surface area contributed by atoms with Gasteiger partial charge in [0.1, 0.15) is 0 Å². The minimum Gasteiger partial charge on any atom is -0.503 e. The molecule has 8 heteroatoms. The minimum absolute atomic E-state index is 0.0732. The molecule has 160 valence electrons. The monoisotopic (exact) mass is 524 g/mol. The zero-order valence-electron chi connectivity index (χ0n) is 16.9. The Balaban J connectivity index is 1.68. The van der Waals surface area contributed by atoms with Gasteiger partial charge in [-0.05, 0) is 53.3 Å². The van der Waals surface area contributed by atoms with E-state index < -0.39 is 17.7 Å². The molecule has 0 bridgehead atoms. The summed E-state index contributed by atoms with van der Waals surface area (Å²) in [5.74, 6) is -1.50. The van der Waals surface area contributed by atoms with E-state index in [0.29, 0.717) is 15.6 Å². The number of aromatic nitrogens is 1. The number of anilines is 1. The van der Waals surface area contributed by atoms with E-state index in [2.05, 4.69) is 33.9 Å². The van der Waals surface area contributed by atoms with Gasteiger partial charge in [0.15, 0.2) is 10.9 Å². The summed E-state index contributed by atoms with van der Waals surface area (Å²) < 4.78 is 1.77. The number of carbonyl (C=O) groups is 2. The molecule has 0 fully saturated rings. The van der Waals surface area contributed by atoms with E-state index in [-0.39, 0.29) is 11.4 Å². The molecule has 0 saturated heterocycles. The third-order valence-corrected chi connectivity index (χ3v) is 7.80. The number of thiophene rings is 1. The number of carbonyl (C=O) groups excluding carboxylic acids is 2. The average molecular weight is 525 g/mol. The lowest BCUT2D eigenvalue weighted by atomic mass is 9.96. The SMILES string of the molecule is CCc1ccc2nc(N3C(=O)C(O)=C(C(=O)c4cccs4)C3c3cccc(Br)c3)sc2c1. The molecule has 0 aliphatic carbocycles. The van der Waals surface area contributed by atoms with Crippen molar-refractivity contribution in [3.05, 3.63) is 91.8 Å². The summed E-state index contributed by atoms with van der Waals surface area (Å²) in [5, 5.41) is 13.1. The fourth-order valence-corrected chi connectivity index (χ4v) is 6.00. The Bertz CT molecular complexity index is 1390. The van der Waals surface area contributed by atoms with Gasteiger partial charge >= 0.3 is 0 Å². The molecule has 0 spiro atoms. The molecule has 1 atom stereocenters. The van der Waals surface area contributed by atoms with Crippen LogP contribution >= 0.6 is 38.6 Å². The molecular formula is C24H17BrN2O3S2. The Morgan fingerprint density at radius 1 is 1.19 bits per heavy atom. The Labute approximate surface area is 200 Å². The van der Waals surface area contributed by atoms with Gasteiger partial charge in [0.25, 0.3) is 5.91 Å². The van der Waals surface area contributed by atoms with Crippen molar-refractivity contribution < 1.29 is 14.7 Å². The molecule has 5 nitrogen and oxygen atoms in total. The summed E-state index contributed by atoms with van der Waals surface area (Å²) in [6, 6.07) is 16.1. The predicted octanol–water partition coefficient (Wildman–Crippen LogP) is 6.47. The highest BCUT2D eigenvalue weighted by atomic mass is 79.9. The van der Waals surface area contributed by atoms with E-state index in [1.165, 1.54) is 33.1 Å². The van der Waals surface area contributed by atoms with Crippen molar-refractivity contribution in [1.82, 2.24) is 4.98 Å². The maximum Gasteiger partial charge on any atom is 0.296 e. The lowest BCUT2D eigenvalue weighted by Crippen LogP contribution is -2.30. The van der Waals surface area contributed by atoms with Crippen LogP contribution in [0.1, 0.15) is 33.8 Å². The van der Waals surface area contributed by atoms with Gasteiger partial charge in [-0.3, -0.25) is 14.5 Å². The number of rotatable bonds is 5. The molecule has 2 aromatic heterocycles. The van der Waals surface area contributed by atoms with Crippen LogP contribution in [0.15, 0.2) is 75.8 Å². The van der Waals surface area contributed by atoms with Crippen LogP contribution in [0.25, 0.3) is 10.2 Å². The van der Waals surface area contributed by atoms with Crippen LogP contribution in [0.5, 0.6) is 0 Å². The number of halogens is 1.